The molecule has 0 atom stereocenters. The number of benzene rings is 3. The molecule has 3 aromatic carbocycles. The molecule has 0 bridgehead atoms. The zero-order chi connectivity index (χ0) is 20.8. The molecule has 2 amide bonds. The van der Waals surface area contributed by atoms with Gasteiger partial charge < -0.3 is 10.6 Å². The van der Waals surface area contributed by atoms with Gasteiger partial charge in [0.15, 0.2) is 0 Å². The van der Waals surface area contributed by atoms with Gasteiger partial charge in [-0.3, -0.25) is 0 Å². The highest BCUT2D eigenvalue weighted by atomic mass is 35.5. The molecule has 0 radical (unpaired) electrons. The summed E-state index contributed by atoms with van der Waals surface area (Å²) in [6.45, 7) is 0. The fraction of sp³-hybridized carbons (Fsp3) is 0.269. The molecule has 1 aliphatic carbocycles. The third-order valence-electron chi connectivity index (χ3n) is 5.80. The molecule has 4 rings (SSSR count). The van der Waals surface area contributed by atoms with E-state index in [1.54, 1.807) is 0 Å². The second-order valence-electron chi connectivity index (χ2n) is 8.11. The lowest BCUT2D eigenvalue weighted by atomic mass is 9.76. The van der Waals surface area contributed by atoms with E-state index in [-0.39, 0.29) is 18.1 Å². The van der Waals surface area contributed by atoms with Gasteiger partial charge in [0.1, 0.15) is 0 Å². The van der Waals surface area contributed by atoms with Gasteiger partial charge in [0.05, 0.1) is 0 Å². The van der Waals surface area contributed by atoms with Crippen LogP contribution in [-0.2, 0) is 12.8 Å². The highest BCUT2D eigenvalue weighted by Crippen LogP contribution is 2.37. The van der Waals surface area contributed by atoms with E-state index >= 15 is 0 Å². The number of hydrogen-bond donors (Lipinski definition) is 2. The first-order chi connectivity index (χ1) is 14.7. The molecule has 0 saturated heterocycles. The van der Waals surface area contributed by atoms with Gasteiger partial charge >= 0.3 is 6.03 Å². The minimum atomic E-state index is -0.0774. The van der Waals surface area contributed by atoms with Gasteiger partial charge in [0, 0.05) is 17.1 Å². The van der Waals surface area contributed by atoms with Gasteiger partial charge in [-0.25, -0.2) is 4.79 Å². The Hall–Kier alpha value is -2.78. The number of nitrogens with one attached hydrogen (secondary N) is 2. The third kappa shape index (κ3) is 5.64. The van der Waals surface area contributed by atoms with E-state index in [4.69, 9.17) is 11.6 Å². The molecular weight excluding hydrogens is 392 g/mol. The summed E-state index contributed by atoms with van der Waals surface area (Å²) in [6.07, 6.45) is 3.55. The number of halogens is 1. The Labute approximate surface area is 183 Å². The van der Waals surface area contributed by atoms with Crippen LogP contribution >= 0.6 is 11.6 Å². The molecule has 1 saturated carbocycles. The van der Waals surface area contributed by atoms with Crippen molar-refractivity contribution in [1.82, 2.24) is 10.6 Å². The van der Waals surface area contributed by atoms with Gasteiger partial charge in [-0.1, -0.05) is 84.4 Å². The van der Waals surface area contributed by atoms with Crippen LogP contribution in [-0.4, -0.2) is 18.1 Å². The van der Waals surface area contributed by atoms with Crippen molar-refractivity contribution < 1.29 is 4.79 Å². The molecule has 0 aromatic heterocycles. The standard InChI is InChI=1S/C26H27ClN2O/c27-23-13-11-21(12-14-23)22-17-25(18-22)29-26(30)28-24(15-19-7-3-1-4-8-19)16-20-9-5-2-6-10-20/h1-14,22,24-25H,15-18H2,(H2,28,29,30). The maximum Gasteiger partial charge on any atom is 0.315 e. The van der Waals surface area contributed by atoms with Crippen LogP contribution in [0.1, 0.15) is 35.4 Å². The number of amides is 2. The van der Waals surface area contributed by atoms with Crippen molar-refractivity contribution in [3.63, 3.8) is 0 Å². The van der Waals surface area contributed by atoms with Crippen molar-refractivity contribution in [2.75, 3.05) is 0 Å². The van der Waals surface area contributed by atoms with E-state index in [1.165, 1.54) is 16.7 Å². The van der Waals surface area contributed by atoms with E-state index in [1.807, 2.05) is 48.5 Å². The van der Waals surface area contributed by atoms with Gasteiger partial charge in [0.25, 0.3) is 0 Å². The van der Waals surface area contributed by atoms with E-state index in [2.05, 4.69) is 47.0 Å². The normalized spacial score (nSPS) is 17.9. The highest BCUT2D eigenvalue weighted by Gasteiger charge is 2.31. The highest BCUT2D eigenvalue weighted by molar-refractivity contribution is 6.30. The third-order valence-corrected chi connectivity index (χ3v) is 6.05. The smallest absolute Gasteiger partial charge is 0.315 e. The molecule has 0 aliphatic heterocycles. The molecular formula is C26H27ClN2O. The summed E-state index contributed by atoms with van der Waals surface area (Å²) >= 11 is 5.97. The van der Waals surface area contributed by atoms with Crippen LogP contribution in [0, 0.1) is 0 Å². The minimum Gasteiger partial charge on any atom is -0.335 e. The Morgan fingerprint density at radius 1 is 0.833 bits per heavy atom. The Bertz CT molecular complexity index is 896. The van der Waals surface area contributed by atoms with Gasteiger partial charge in [-0.2, -0.15) is 0 Å². The first kappa shape index (κ1) is 20.5. The van der Waals surface area contributed by atoms with E-state index < -0.39 is 0 Å². The van der Waals surface area contributed by atoms with Crippen LogP contribution in [0.4, 0.5) is 4.79 Å². The molecule has 3 aromatic rings. The number of hydrogen-bond acceptors (Lipinski definition) is 1. The first-order valence-corrected chi connectivity index (χ1v) is 10.9. The lowest BCUT2D eigenvalue weighted by Gasteiger charge is -2.36. The van der Waals surface area contributed by atoms with Crippen molar-refractivity contribution in [3.05, 3.63) is 107 Å². The molecule has 0 unspecified atom stereocenters. The van der Waals surface area contributed by atoms with Crippen LogP contribution in [0.3, 0.4) is 0 Å². The van der Waals surface area contributed by atoms with Gasteiger partial charge in [0.2, 0.25) is 0 Å². The van der Waals surface area contributed by atoms with Crippen LogP contribution < -0.4 is 10.6 Å². The molecule has 154 valence electrons. The first-order valence-electron chi connectivity index (χ1n) is 10.6. The monoisotopic (exact) mass is 418 g/mol. The predicted octanol–water partition coefficient (Wildman–Crippen LogP) is 5.74. The number of urea groups is 1. The fourth-order valence-corrected chi connectivity index (χ4v) is 4.25. The average molecular weight is 419 g/mol. The topological polar surface area (TPSA) is 41.1 Å². The number of carbonyl (C=O) groups is 1. The number of carbonyl (C=O) groups excluding carboxylic acids is 1. The van der Waals surface area contributed by atoms with Crippen LogP contribution in [0.15, 0.2) is 84.9 Å². The minimum absolute atomic E-state index is 0.0435. The zero-order valence-corrected chi connectivity index (χ0v) is 17.7. The van der Waals surface area contributed by atoms with Crippen molar-refractivity contribution in [2.24, 2.45) is 0 Å². The molecule has 0 spiro atoms. The second-order valence-corrected chi connectivity index (χ2v) is 8.55. The summed E-state index contributed by atoms with van der Waals surface area (Å²) in [5, 5.41) is 7.12. The Morgan fingerprint density at radius 3 is 1.90 bits per heavy atom. The van der Waals surface area contributed by atoms with Crippen LogP contribution in [0.5, 0.6) is 0 Å². The summed E-state index contributed by atoms with van der Waals surface area (Å²) < 4.78 is 0. The van der Waals surface area contributed by atoms with Crippen molar-refractivity contribution >= 4 is 17.6 Å². The molecule has 2 N–H and O–H groups in total. The molecule has 0 heterocycles. The van der Waals surface area contributed by atoms with Crippen LogP contribution in [0.25, 0.3) is 0 Å². The van der Waals surface area contributed by atoms with Gasteiger partial charge in [-0.05, 0) is 60.4 Å². The van der Waals surface area contributed by atoms with E-state index in [0.717, 1.165) is 30.7 Å². The maximum absolute atomic E-state index is 12.7. The largest absolute Gasteiger partial charge is 0.335 e. The molecule has 30 heavy (non-hydrogen) atoms. The molecule has 3 nitrogen and oxygen atoms in total. The average Bonchev–Trinajstić information content (AvgIpc) is 2.73. The molecule has 1 aliphatic rings. The zero-order valence-electron chi connectivity index (χ0n) is 16.9. The SMILES string of the molecule is O=C(NC(Cc1ccccc1)Cc1ccccc1)NC1CC(c2ccc(Cl)cc2)C1. The Morgan fingerprint density at radius 2 is 1.37 bits per heavy atom. The lowest BCUT2D eigenvalue weighted by Crippen LogP contribution is -2.51. The fourth-order valence-electron chi connectivity index (χ4n) is 4.13. The summed E-state index contributed by atoms with van der Waals surface area (Å²) in [7, 11) is 0. The Kier molecular flexibility index (Phi) is 6.70. The summed E-state index contributed by atoms with van der Waals surface area (Å²) in [5.74, 6) is 0.497. The van der Waals surface area contributed by atoms with E-state index in [9.17, 15) is 4.79 Å². The summed E-state index contributed by atoms with van der Waals surface area (Å²) in [4.78, 5) is 12.7. The van der Waals surface area contributed by atoms with Crippen molar-refractivity contribution in [2.45, 2.75) is 43.7 Å². The maximum atomic E-state index is 12.7. The lowest BCUT2D eigenvalue weighted by molar-refractivity contribution is 0.219. The number of rotatable bonds is 7. The molecule has 1 fully saturated rings. The van der Waals surface area contributed by atoms with Crippen molar-refractivity contribution in [3.8, 4) is 0 Å². The van der Waals surface area contributed by atoms with Crippen molar-refractivity contribution in [1.29, 1.82) is 0 Å². The second kappa shape index (κ2) is 9.82. The Balaban J connectivity index is 1.32. The predicted molar refractivity (Wildman–Crippen MR) is 123 cm³/mol. The summed E-state index contributed by atoms with van der Waals surface area (Å²) in [6, 6.07) is 28.9. The van der Waals surface area contributed by atoms with Gasteiger partial charge in [-0.15, -0.1) is 0 Å². The quantitative estimate of drug-likeness (QED) is 0.504. The van der Waals surface area contributed by atoms with E-state index in [0.29, 0.717) is 5.92 Å². The summed E-state index contributed by atoms with van der Waals surface area (Å²) in [5.41, 5.74) is 3.75. The molecule has 4 heteroatoms. The van der Waals surface area contributed by atoms with Crippen LogP contribution in [0.2, 0.25) is 5.02 Å².